The molecule has 0 saturated carbocycles. The molecule has 0 spiro atoms. The first-order valence-corrected chi connectivity index (χ1v) is 12.2. The summed E-state index contributed by atoms with van der Waals surface area (Å²) in [4.78, 5) is 0. The van der Waals surface area contributed by atoms with E-state index in [2.05, 4.69) is 115 Å². The van der Waals surface area contributed by atoms with Crippen LogP contribution in [0.15, 0.2) is 66.2 Å². The minimum atomic E-state index is -0.0796. The van der Waals surface area contributed by atoms with E-state index in [4.69, 9.17) is 9.47 Å². The maximum atomic E-state index is 6.34. The summed E-state index contributed by atoms with van der Waals surface area (Å²) < 4.78 is 11.7. The van der Waals surface area contributed by atoms with Crippen LogP contribution in [0.25, 0.3) is 17.2 Å². The summed E-state index contributed by atoms with van der Waals surface area (Å²) in [6.45, 7) is 16.1. The van der Waals surface area contributed by atoms with E-state index >= 15 is 0 Å². The lowest BCUT2D eigenvalue weighted by atomic mass is 9.76. The Morgan fingerprint density at radius 2 is 1.41 bits per heavy atom. The lowest BCUT2D eigenvalue weighted by molar-refractivity contribution is 0.0502. The molecule has 0 saturated heterocycles. The van der Waals surface area contributed by atoms with Crippen molar-refractivity contribution in [3.8, 4) is 16.9 Å². The Balaban J connectivity index is 2.02. The number of hydrogen-bond donors (Lipinski definition) is 0. The molecule has 0 amide bonds. The van der Waals surface area contributed by atoms with Gasteiger partial charge >= 0.3 is 0 Å². The van der Waals surface area contributed by atoms with Gasteiger partial charge in [-0.15, -0.1) is 0 Å². The molecule has 1 unspecified atom stereocenters. The third kappa shape index (κ3) is 4.57. The second kappa shape index (κ2) is 9.07. The Morgan fingerprint density at radius 3 is 2.06 bits per heavy atom. The van der Waals surface area contributed by atoms with Gasteiger partial charge in [0.05, 0.1) is 0 Å². The molecule has 4 rings (SSSR count). The summed E-state index contributed by atoms with van der Waals surface area (Å²) in [5.74, 6) is 1.15. The van der Waals surface area contributed by atoms with Crippen LogP contribution in [-0.4, -0.2) is 13.9 Å². The van der Waals surface area contributed by atoms with Crippen LogP contribution in [0.5, 0.6) is 5.75 Å². The molecule has 2 heteroatoms. The molecule has 1 atom stereocenters. The van der Waals surface area contributed by atoms with Crippen molar-refractivity contribution in [1.29, 1.82) is 0 Å². The molecule has 3 aromatic rings. The van der Waals surface area contributed by atoms with E-state index in [0.29, 0.717) is 0 Å². The molecule has 1 aliphatic carbocycles. The average molecular weight is 455 g/mol. The van der Waals surface area contributed by atoms with Gasteiger partial charge in [-0.2, -0.15) is 0 Å². The van der Waals surface area contributed by atoms with Crippen molar-refractivity contribution in [3.63, 3.8) is 0 Å². The van der Waals surface area contributed by atoms with Gasteiger partial charge in [-0.25, -0.2) is 0 Å². The lowest BCUT2D eigenvalue weighted by Gasteiger charge is -2.30. The Hall–Kier alpha value is -2.84. The van der Waals surface area contributed by atoms with Gasteiger partial charge in [-0.3, -0.25) is 0 Å². The van der Waals surface area contributed by atoms with Crippen molar-refractivity contribution in [2.24, 2.45) is 0 Å². The minimum absolute atomic E-state index is 0.0132. The quantitative estimate of drug-likeness (QED) is 0.360. The van der Waals surface area contributed by atoms with Gasteiger partial charge < -0.3 is 9.47 Å². The van der Waals surface area contributed by atoms with Gasteiger partial charge in [0.1, 0.15) is 5.75 Å². The zero-order valence-corrected chi connectivity index (χ0v) is 22.0. The fourth-order valence-electron chi connectivity index (χ4n) is 4.98. The number of rotatable bonds is 5. The molecule has 0 radical (unpaired) electrons. The van der Waals surface area contributed by atoms with Gasteiger partial charge in [0.15, 0.2) is 6.79 Å². The molecule has 0 fully saturated rings. The van der Waals surface area contributed by atoms with Crippen LogP contribution in [0.4, 0.5) is 0 Å². The molecule has 0 bridgehead atoms. The number of hydrogen-bond acceptors (Lipinski definition) is 2. The first-order chi connectivity index (χ1) is 16.0. The summed E-state index contributed by atoms with van der Waals surface area (Å²) in [5.41, 5.74) is 10.2. The number of ether oxygens (including phenoxy) is 2. The average Bonchev–Trinajstić information content (AvgIpc) is 3.11. The van der Waals surface area contributed by atoms with Crippen molar-refractivity contribution in [2.45, 2.75) is 65.2 Å². The second-order valence-electron chi connectivity index (χ2n) is 11.5. The van der Waals surface area contributed by atoms with Crippen molar-refractivity contribution in [1.82, 2.24) is 0 Å². The monoisotopic (exact) mass is 454 g/mol. The molecule has 34 heavy (non-hydrogen) atoms. The zero-order chi connectivity index (χ0) is 24.7. The molecule has 2 nitrogen and oxygen atoms in total. The summed E-state index contributed by atoms with van der Waals surface area (Å²) >= 11 is 0. The van der Waals surface area contributed by atoms with E-state index in [9.17, 15) is 0 Å². The molecule has 0 aromatic heterocycles. The highest BCUT2D eigenvalue weighted by molar-refractivity contribution is 5.80. The molecular weight excluding hydrogens is 416 g/mol. The van der Waals surface area contributed by atoms with E-state index < -0.39 is 0 Å². The summed E-state index contributed by atoms with van der Waals surface area (Å²) in [6, 6.07) is 22.2. The Morgan fingerprint density at radius 1 is 0.765 bits per heavy atom. The Kier molecular flexibility index (Phi) is 6.48. The van der Waals surface area contributed by atoms with Gasteiger partial charge in [-0.05, 0) is 51.6 Å². The van der Waals surface area contributed by atoms with Crippen LogP contribution in [0.2, 0.25) is 0 Å². The first-order valence-electron chi connectivity index (χ1n) is 12.2. The SMILES string of the molecule is COCOc1c(-c2ccccc2C2C(C)=Cc3ccccc32)cc(C(C)(C)C)cc1C(C)(C)C. The van der Waals surface area contributed by atoms with Gasteiger partial charge in [0.2, 0.25) is 0 Å². The normalized spacial score (nSPS) is 15.8. The first kappa shape index (κ1) is 24.3. The topological polar surface area (TPSA) is 18.5 Å². The van der Waals surface area contributed by atoms with Gasteiger partial charge in [-0.1, -0.05) is 108 Å². The van der Waals surface area contributed by atoms with E-state index in [1.807, 2.05) is 0 Å². The lowest BCUT2D eigenvalue weighted by Crippen LogP contribution is -2.19. The molecule has 0 heterocycles. The predicted octanol–water partition coefficient (Wildman–Crippen LogP) is 8.48. The molecule has 0 aliphatic heterocycles. The fraction of sp³-hybridized carbons (Fsp3) is 0.375. The van der Waals surface area contributed by atoms with Gasteiger partial charge in [0.25, 0.3) is 0 Å². The highest BCUT2D eigenvalue weighted by Gasteiger charge is 2.30. The standard InChI is InChI=1S/C32H38O2/c1-21-17-22-13-9-10-14-24(22)29(21)26-16-12-11-15-25(26)27-18-23(31(2,3)4)19-28(32(5,6)7)30(27)34-20-33-8/h9-19,29H,20H2,1-8H3. The summed E-state index contributed by atoms with van der Waals surface area (Å²) in [7, 11) is 1.68. The van der Waals surface area contributed by atoms with Crippen LogP contribution in [0.1, 0.15) is 82.2 Å². The maximum absolute atomic E-state index is 6.34. The van der Waals surface area contributed by atoms with Crippen LogP contribution in [-0.2, 0) is 15.6 Å². The summed E-state index contributed by atoms with van der Waals surface area (Å²) in [5, 5.41) is 0. The molecule has 3 aromatic carbocycles. The maximum Gasteiger partial charge on any atom is 0.188 e. The third-order valence-electron chi connectivity index (χ3n) is 6.79. The highest BCUT2D eigenvalue weighted by Crippen LogP contribution is 2.48. The number of allylic oxidation sites excluding steroid dienone is 1. The molecular formula is C32H38O2. The second-order valence-corrected chi connectivity index (χ2v) is 11.5. The Bertz CT molecular complexity index is 1220. The van der Waals surface area contributed by atoms with Crippen LogP contribution >= 0.6 is 0 Å². The van der Waals surface area contributed by atoms with Gasteiger partial charge in [0, 0.05) is 24.2 Å². The van der Waals surface area contributed by atoms with Crippen molar-refractivity contribution in [3.05, 3.63) is 94.1 Å². The molecule has 0 N–H and O–H groups in total. The summed E-state index contributed by atoms with van der Waals surface area (Å²) in [6.07, 6.45) is 2.32. The minimum Gasteiger partial charge on any atom is -0.467 e. The van der Waals surface area contributed by atoms with Crippen molar-refractivity contribution < 1.29 is 9.47 Å². The predicted molar refractivity (Wildman–Crippen MR) is 144 cm³/mol. The Labute approximate surface area is 205 Å². The third-order valence-corrected chi connectivity index (χ3v) is 6.79. The molecule has 178 valence electrons. The number of fused-ring (bicyclic) bond motifs is 1. The van der Waals surface area contributed by atoms with Crippen LogP contribution < -0.4 is 4.74 Å². The van der Waals surface area contributed by atoms with Crippen LogP contribution in [0, 0.1) is 0 Å². The van der Waals surface area contributed by atoms with E-state index in [0.717, 1.165) is 11.3 Å². The van der Waals surface area contributed by atoms with Crippen molar-refractivity contribution >= 4 is 6.08 Å². The van der Waals surface area contributed by atoms with E-state index in [1.54, 1.807) is 7.11 Å². The smallest absolute Gasteiger partial charge is 0.188 e. The number of benzene rings is 3. The van der Waals surface area contributed by atoms with Crippen LogP contribution in [0.3, 0.4) is 0 Å². The number of methoxy groups -OCH3 is 1. The zero-order valence-electron chi connectivity index (χ0n) is 22.0. The largest absolute Gasteiger partial charge is 0.467 e. The fourth-order valence-corrected chi connectivity index (χ4v) is 4.98. The van der Waals surface area contributed by atoms with E-state index in [-0.39, 0.29) is 23.5 Å². The molecule has 1 aliphatic rings. The van der Waals surface area contributed by atoms with Crippen molar-refractivity contribution in [2.75, 3.05) is 13.9 Å². The van der Waals surface area contributed by atoms with E-state index in [1.165, 1.54) is 39.0 Å². The highest BCUT2D eigenvalue weighted by atomic mass is 16.7.